The van der Waals surface area contributed by atoms with Crippen LogP contribution in [0.1, 0.15) is 17.1 Å². The highest BCUT2D eigenvalue weighted by Crippen LogP contribution is 2.33. The minimum Gasteiger partial charge on any atom is -0.443 e. The standard InChI is InChI=1S/C15H11F3N6O/c16-15(17,18)9-2-1-3-21-10(9)7-24-8-12(20)23-13(11(24)6-19)14-22-4-5-25-14/h1-5H,7-8H2,(H2,20,23). The SMILES string of the molecule is N#CC1=C(c2ncco2)N=C(N)CN1Cc1ncccc1C(F)(F)F. The number of hydrogen-bond acceptors (Lipinski definition) is 7. The minimum atomic E-state index is -4.55. The van der Waals surface area contributed by atoms with Crippen molar-refractivity contribution in [3.63, 3.8) is 0 Å². The predicted octanol–water partition coefficient (Wildman–Crippen LogP) is 2.15. The van der Waals surface area contributed by atoms with Crippen molar-refractivity contribution in [2.75, 3.05) is 6.54 Å². The van der Waals surface area contributed by atoms with Crippen LogP contribution in [-0.2, 0) is 12.7 Å². The van der Waals surface area contributed by atoms with Gasteiger partial charge in [-0.25, -0.2) is 9.98 Å². The molecular formula is C15H11F3N6O. The number of halogens is 3. The zero-order chi connectivity index (χ0) is 18.0. The van der Waals surface area contributed by atoms with Crippen LogP contribution in [0.5, 0.6) is 0 Å². The molecule has 3 rings (SSSR count). The molecule has 2 N–H and O–H groups in total. The molecule has 0 spiro atoms. The lowest BCUT2D eigenvalue weighted by atomic mass is 10.1. The molecule has 2 aromatic rings. The van der Waals surface area contributed by atoms with E-state index in [4.69, 9.17) is 10.2 Å². The molecule has 0 fully saturated rings. The normalized spacial score (nSPS) is 15.1. The predicted molar refractivity (Wildman–Crippen MR) is 80.3 cm³/mol. The zero-order valence-corrected chi connectivity index (χ0v) is 12.7. The molecule has 0 aromatic carbocycles. The molecule has 7 nitrogen and oxygen atoms in total. The Morgan fingerprint density at radius 1 is 1.32 bits per heavy atom. The Balaban J connectivity index is 2.02. The third-order valence-corrected chi connectivity index (χ3v) is 3.43. The number of hydrogen-bond donors (Lipinski definition) is 1. The molecule has 128 valence electrons. The molecular weight excluding hydrogens is 337 g/mol. The Bertz CT molecular complexity index is 879. The van der Waals surface area contributed by atoms with Crippen LogP contribution in [0, 0.1) is 11.3 Å². The molecule has 0 aliphatic carbocycles. The van der Waals surface area contributed by atoms with Gasteiger partial charge in [0.15, 0.2) is 5.70 Å². The highest BCUT2D eigenvalue weighted by Gasteiger charge is 2.35. The summed E-state index contributed by atoms with van der Waals surface area (Å²) in [7, 11) is 0. The van der Waals surface area contributed by atoms with Gasteiger partial charge in [0.1, 0.15) is 23.9 Å². The first-order valence-corrected chi connectivity index (χ1v) is 7.03. The van der Waals surface area contributed by atoms with Gasteiger partial charge >= 0.3 is 6.18 Å². The van der Waals surface area contributed by atoms with Gasteiger partial charge in [0, 0.05) is 6.20 Å². The molecule has 0 unspecified atom stereocenters. The fourth-order valence-corrected chi connectivity index (χ4v) is 2.41. The number of nitrogens with zero attached hydrogens (tertiary/aromatic N) is 5. The third-order valence-electron chi connectivity index (χ3n) is 3.43. The van der Waals surface area contributed by atoms with Crippen LogP contribution in [0.4, 0.5) is 13.2 Å². The number of aromatic nitrogens is 2. The van der Waals surface area contributed by atoms with Crippen LogP contribution >= 0.6 is 0 Å². The van der Waals surface area contributed by atoms with Crippen LogP contribution < -0.4 is 5.73 Å². The Hall–Kier alpha value is -3.35. The molecule has 0 radical (unpaired) electrons. The Kier molecular flexibility index (Phi) is 4.14. The van der Waals surface area contributed by atoms with Crippen molar-refractivity contribution >= 4 is 11.5 Å². The maximum absolute atomic E-state index is 13.1. The molecule has 0 saturated heterocycles. The number of alkyl halides is 3. The fourth-order valence-electron chi connectivity index (χ4n) is 2.41. The topological polar surface area (TPSA) is 104 Å². The second-order valence-corrected chi connectivity index (χ2v) is 5.10. The highest BCUT2D eigenvalue weighted by molar-refractivity contribution is 5.90. The van der Waals surface area contributed by atoms with Crippen molar-refractivity contribution in [2.45, 2.75) is 12.7 Å². The molecule has 0 atom stereocenters. The van der Waals surface area contributed by atoms with Crippen LogP contribution in [0.3, 0.4) is 0 Å². The summed E-state index contributed by atoms with van der Waals surface area (Å²) in [6.45, 7) is -0.278. The van der Waals surface area contributed by atoms with Crippen LogP contribution in [0.15, 0.2) is 45.9 Å². The van der Waals surface area contributed by atoms with Crippen molar-refractivity contribution in [1.29, 1.82) is 5.26 Å². The number of nitriles is 1. The summed E-state index contributed by atoms with van der Waals surface area (Å²) >= 11 is 0. The Labute approximate surface area is 139 Å². The zero-order valence-electron chi connectivity index (χ0n) is 12.7. The third kappa shape index (κ3) is 3.30. The van der Waals surface area contributed by atoms with E-state index in [9.17, 15) is 18.4 Å². The second kappa shape index (κ2) is 6.27. The average molecular weight is 348 g/mol. The smallest absolute Gasteiger partial charge is 0.418 e. The van der Waals surface area contributed by atoms with Gasteiger partial charge < -0.3 is 15.1 Å². The number of pyridine rings is 1. The Morgan fingerprint density at radius 3 is 2.76 bits per heavy atom. The molecule has 0 saturated carbocycles. The summed E-state index contributed by atoms with van der Waals surface area (Å²) in [5, 5.41) is 9.45. The number of amidine groups is 1. The summed E-state index contributed by atoms with van der Waals surface area (Å²) < 4.78 is 44.6. The van der Waals surface area contributed by atoms with Gasteiger partial charge in [-0.05, 0) is 12.1 Å². The van der Waals surface area contributed by atoms with Crippen LogP contribution in [0.25, 0.3) is 5.70 Å². The lowest BCUT2D eigenvalue weighted by Crippen LogP contribution is -2.37. The van der Waals surface area contributed by atoms with Crippen molar-refractivity contribution in [3.8, 4) is 6.07 Å². The number of oxazole rings is 1. The van der Waals surface area contributed by atoms with Gasteiger partial charge in [-0.15, -0.1) is 0 Å². The van der Waals surface area contributed by atoms with Gasteiger partial charge in [-0.1, -0.05) is 0 Å². The van der Waals surface area contributed by atoms with E-state index >= 15 is 0 Å². The van der Waals surface area contributed by atoms with Crippen molar-refractivity contribution in [3.05, 3.63) is 53.6 Å². The van der Waals surface area contributed by atoms with E-state index in [-0.39, 0.29) is 41.9 Å². The molecule has 0 bridgehead atoms. The van der Waals surface area contributed by atoms with E-state index in [1.807, 2.05) is 6.07 Å². The first-order valence-electron chi connectivity index (χ1n) is 7.03. The van der Waals surface area contributed by atoms with E-state index in [2.05, 4.69) is 15.0 Å². The van der Waals surface area contributed by atoms with E-state index in [1.54, 1.807) is 0 Å². The number of nitrogens with two attached hydrogens (primary N) is 1. The molecule has 0 amide bonds. The number of allylic oxidation sites excluding steroid dienone is 1. The molecule has 25 heavy (non-hydrogen) atoms. The summed E-state index contributed by atoms with van der Waals surface area (Å²) in [6.07, 6.45) is -0.636. The molecule has 1 aliphatic rings. The monoisotopic (exact) mass is 348 g/mol. The lowest BCUT2D eigenvalue weighted by molar-refractivity contribution is -0.138. The van der Waals surface area contributed by atoms with E-state index in [0.29, 0.717) is 0 Å². The number of aliphatic imine (C=N–C) groups is 1. The summed E-state index contributed by atoms with van der Waals surface area (Å²) in [6, 6.07) is 4.07. The van der Waals surface area contributed by atoms with Gasteiger partial charge in [0.2, 0.25) is 5.89 Å². The largest absolute Gasteiger partial charge is 0.443 e. The lowest BCUT2D eigenvalue weighted by Gasteiger charge is -2.27. The summed E-state index contributed by atoms with van der Waals surface area (Å²) in [5.74, 6) is 0.179. The molecule has 1 aliphatic heterocycles. The summed E-state index contributed by atoms with van der Waals surface area (Å²) in [5.41, 5.74) is 4.76. The fraction of sp³-hybridized carbons (Fsp3) is 0.200. The van der Waals surface area contributed by atoms with E-state index in [0.717, 1.165) is 6.07 Å². The number of rotatable bonds is 3. The molecule has 10 heteroatoms. The van der Waals surface area contributed by atoms with Gasteiger partial charge in [-0.2, -0.15) is 18.4 Å². The first kappa shape index (κ1) is 16.5. The van der Waals surface area contributed by atoms with Gasteiger partial charge in [0.25, 0.3) is 0 Å². The molecule has 2 aromatic heterocycles. The van der Waals surface area contributed by atoms with Gasteiger partial charge in [0.05, 0.1) is 30.5 Å². The second-order valence-electron chi connectivity index (χ2n) is 5.10. The first-order chi connectivity index (χ1) is 11.9. The maximum atomic E-state index is 13.1. The quantitative estimate of drug-likeness (QED) is 0.911. The maximum Gasteiger partial charge on any atom is 0.418 e. The van der Waals surface area contributed by atoms with Crippen molar-refractivity contribution in [2.24, 2.45) is 10.7 Å². The highest BCUT2D eigenvalue weighted by atomic mass is 19.4. The Morgan fingerprint density at radius 2 is 2.12 bits per heavy atom. The van der Waals surface area contributed by atoms with Crippen molar-refractivity contribution in [1.82, 2.24) is 14.9 Å². The van der Waals surface area contributed by atoms with Crippen LogP contribution in [-0.4, -0.2) is 27.2 Å². The van der Waals surface area contributed by atoms with E-state index in [1.165, 1.54) is 29.6 Å². The summed E-state index contributed by atoms with van der Waals surface area (Å²) in [4.78, 5) is 13.1. The average Bonchev–Trinajstić information content (AvgIpc) is 3.08. The van der Waals surface area contributed by atoms with Crippen LogP contribution in [0.2, 0.25) is 0 Å². The van der Waals surface area contributed by atoms with Gasteiger partial charge in [-0.3, -0.25) is 4.98 Å². The van der Waals surface area contributed by atoms with E-state index < -0.39 is 11.7 Å². The minimum absolute atomic E-state index is 0.00966. The van der Waals surface area contributed by atoms with Crippen molar-refractivity contribution < 1.29 is 17.6 Å². The molecule has 3 heterocycles.